The highest BCUT2D eigenvalue weighted by molar-refractivity contribution is 7.87. The van der Waals surface area contributed by atoms with Gasteiger partial charge in [0, 0.05) is 19.6 Å². The lowest BCUT2D eigenvalue weighted by Crippen LogP contribution is -2.34. The van der Waals surface area contributed by atoms with Crippen LogP contribution in [0.25, 0.3) is 0 Å². The van der Waals surface area contributed by atoms with E-state index in [9.17, 15) is 8.42 Å². The predicted octanol–water partition coefficient (Wildman–Crippen LogP) is 2.12. The van der Waals surface area contributed by atoms with Crippen molar-refractivity contribution >= 4 is 10.1 Å². The molecule has 1 aromatic rings. The van der Waals surface area contributed by atoms with Crippen LogP contribution in [0.4, 0.5) is 0 Å². The van der Waals surface area contributed by atoms with Crippen molar-refractivity contribution in [1.82, 2.24) is 0 Å². The summed E-state index contributed by atoms with van der Waals surface area (Å²) in [4.78, 5) is 0. The molecule has 0 saturated heterocycles. The molecule has 118 valence electrons. The van der Waals surface area contributed by atoms with Gasteiger partial charge in [-0.1, -0.05) is 24.3 Å². The van der Waals surface area contributed by atoms with Crippen LogP contribution in [-0.2, 0) is 25.5 Å². The average Bonchev–Trinajstić information content (AvgIpc) is 2.47. The van der Waals surface area contributed by atoms with Gasteiger partial charge in [0.2, 0.25) is 0 Å². The third kappa shape index (κ3) is 4.26. The van der Waals surface area contributed by atoms with Gasteiger partial charge in [-0.3, -0.25) is 4.18 Å². The quantitative estimate of drug-likeness (QED) is 0.616. The smallest absolute Gasteiger partial charge is 0.283 e. The highest BCUT2D eigenvalue weighted by atomic mass is 32.2. The van der Waals surface area contributed by atoms with Crippen molar-refractivity contribution in [2.75, 3.05) is 13.2 Å². The summed E-state index contributed by atoms with van der Waals surface area (Å²) < 4.78 is 34.9. The monoisotopic (exact) mass is 313 g/mol. The first kappa shape index (κ1) is 16.4. The molecule has 2 atom stereocenters. The molecule has 2 rings (SSSR count). The summed E-state index contributed by atoms with van der Waals surface area (Å²) in [6, 6.07) is 7.82. The zero-order chi connectivity index (χ0) is 15.3. The Morgan fingerprint density at radius 2 is 2.14 bits per heavy atom. The van der Waals surface area contributed by atoms with Crippen LogP contribution in [0.15, 0.2) is 24.3 Å². The van der Waals surface area contributed by atoms with Gasteiger partial charge in [-0.05, 0) is 37.3 Å². The molecule has 0 radical (unpaired) electrons. The van der Waals surface area contributed by atoms with Crippen molar-refractivity contribution in [3.05, 3.63) is 35.4 Å². The molecule has 0 aromatic heterocycles. The number of benzene rings is 1. The van der Waals surface area contributed by atoms with Gasteiger partial charge < -0.3 is 10.5 Å². The van der Waals surface area contributed by atoms with E-state index in [4.69, 9.17) is 14.7 Å². The summed E-state index contributed by atoms with van der Waals surface area (Å²) in [5.41, 5.74) is 7.86. The minimum atomic E-state index is -3.79. The molecule has 1 aliphatic rings. The van der Waals surface area contributed by atoms with Crippen LogP contribution in [0.3, 0.4) is 0 Å². The molecule has 6 heteroatoms. The van der Waals surface area contributed by atoms with Crippen molar-refractivity contribution in [1.29, 1.82) is 0 Å². The van der Waals surface area contributed by atoms with Gasteiger partial charge >= 0.3 is 0 Å². The molecule has 0 aliphatic heterocycles. The van der Waals surface area contributed by atoms with Crippen molar-refractivity contribution in [2.24, 2.45) is 5.73 Å². The number of hydrogen-bond acceptors (Lipinski definition) is 5. The molecule has 0 bridgehead atoms. The fourth-order valence-electron chi connectivity index (χ4n) is 2.53. The van der Waals surface area contributed by atoms with E-state index in [1.54, 1.807) is 0 Å². The van der Waals surface area contributed by atoms with Gasteiger partial charge in [0.1, 0.15) is 11.5 Å². The second-order valence-corrected chi connectivity index (χ2v) is 6.98. The van der Waals surface area contributed by atoms with Crippen LogP contribution in [0.1, 0.15) is 43.4 Å². The van der Waals surface area contributed by atoms with Gasteiger partial charge in [-0.15, -0.1) is 0 Å². The Morgan fingerprint density at radius 1 is 1.38 bits per heavy atom. The minimum Gasteiger partial charge on any atom is -0.382 e. The number of nitrogens with two attached hydrogens (primary N) is 1. The number of ether oxygens (including phenoxy) is 1. The number of rotatable bonds is 7. The lowest BCUT2D eigenvalue weighted by Gasteiger charge is -2.26. The van der Waals surface area contributed by atoms with E-state index in [0.717, 1.165) is 24.0 Å². The average molecular weight is 313 g/mol. The zero-order valence-corrected chi connectivity index (χ0v) is 13.1. The molecular formula is C15H23NO4S. The third-order valence-corrected chi connectivity index (χ3v) is 5.16. The fraction of sp³-hybridized carbons (Fsp3) is 0.600. The lowest BCUT2D eigenvalue weighted by atomic mass is 9.90. The van der Waals surface area contributed by atoms with Gasteiger partial charge in [0.25, 0.3) is 10.1 Å². The van der Waals surface area contributed by atoms with Crippen LogP contribution in [0.5, 0.6) is 0 Å². The lowest BCUT2D eigenvalue weighted by molar-refractivity contribution is 0.140. The van der Waals surface area contributed by atoms with Gasteiger partial charge in [0.15, 0.2) is 0 Å². The van der Waals surface area contributed by atoms with Crippen LogP contribution >= 0.6 is 0 Å². The van der Waals surface area contributed by atoms with E-state index in [-0.39, 0.29) is 6.42 Å². The van der Waals surface area contributed by atoms with Gasteiger partial charge in [-0.2, -0.15) is 8.42 Å². The summed E-state index contributed by atoms with van der Waals surface area (Å²) in [5.74, 6) is 0. The summed E-state index contributed by atoms with van der Waals surface area (Å²) in [7, 11) is -3.79. The molecule has 0 heterocycles. The van der Waals surface area contributed by atoms with Gasteiger partial charge in [-0.25, -0.2) is 0 Å². The van der Waals surface area contributed by atoms with E-state index >= 15 is 0 Å². The predicted molar refractivity (Wildman–Crippen MR) is 81.2 cm³/mol. The Labute approximate surface area is 126 Å². The summed E-state index contributed by atoms with van der Waals surface area (Å²) in [6.45, 7) is 2.72. The van der Waals surface area contributed by atoms with Crippen molar-refractivity contribution < 1.29 is 17.3 Å². The van der Waals surface area contributed by atoms with E-state index in [1.165, 1.54) is 0 Å². The Balaban J connectivity index is 2.04. The van der Waals surface area contributed by atoms with Crippen LogP contribution < -0.4 is 5.73 Å². The molecule has 2 unspecified atom stereocenters. The second-order valence-electron chi connectivity index (χ2n) is 5.19. The summed E-state index contributed by atoms with van der Waals surface area (Å²) in [5, 5.41) is -1.04. The molecular weight excluding hydrogens is 290 g/mol. The maximum absolute atomic E-state index is 12.2. The van der Waals surface area contributed by atoms with Crippen LogP contribution in [-0.4, -0.2) is 27.0 Å². The maximum Gasteiger partial charge on any atom is 0.283 e. The van der Waals surface area contributed by atoms with Crippen LogP contribution in [0, 0.1) is 0 Å². The first-order valence-corrected chi connectivity index (χ1v) is 8.85. The fourth-order valence-corrected chi connectivity index (χ4v) is 3.58. The topological polar surface area (TPSA) is 78.6 Å². The molecule has 1 aromatic carbocycles. The summed E-state index contributed by atoms with van der Waals surface area (Å²) >= 11 is 0. The molecule has 0 fully saturated rings. The molecule has 2 N–H and O–H groups in total. The van der Waals surface area contributed by atoms with E-state index < -0.39 is 21.6 Å². The Bertz CT molecular complexity index is 559. The maximum atomic E-state index is 12.2. The Morgan fingerprint density at radius 3 is 2.90 bits per heavy atom. The number of fused-ring (bicyclic) bond motifs is 1. The van der Waals surface area contributed by atoms with Crippen molar-refractivity contribution in [3.8, 4) is 0 Å². The largest absolute Gasteiger partial charge is 0.382 e. The Hall–Kier alpha value is -0.950. The number of hydrogen-bond donors (Lipinski definition) is 1. The first-order valence-electron chi connectivity index (χ1n) is 7.38. The number of aryl methyl sites for hydroxylation is 1. The molecule has 0 spiro atoms. The highest BCUT2D eigenvalue weighted by Crippen LogP contribution is 2.34. The zero-order valence-electron chi connectivity index (χ0n) is 12.3. The summed E-state index contributed by atoms with van der Waals surface area (Å²) in [6.07, 6.45) is 2.41. The molecule has 0 amide bonds. The standard InChI is InChI=1S/C15H23NO4S/c1-2-19-11-10-15(16)21(17,18)20-14-9-5-7-12-6-3-4-8-13(12)14/h3-4,6,8,14-15H,2,5,7,9-11,16H2,1H3. The molecule has 21 heavy (non-hydrogen) atoms. The Kier molecular flexibility index (Phi) is 5.75. The minimum absolute atomic E-state index is 0.241. The molecule has 0 saturated carbocycles. The van der Waals surface area contributed by atoms with Gasteiger partial charge in [0.05, 0.1) is 0 Å². The van der Waals surface area contributed by atoms with Crippen molar-refractivity contribution in [2.45, 2.75) is 44.1 Å². The van der Waals surface area contributed by atoms with E-state index in [2.05, 4.69) is 0 Å². The SMILES string of the molecule is CCOCCC(N)S(=O)(=O)OC1CCCc2ccccc21. The second kappa shape index (κ2) is 7.35. The normalized spacial score (nSPS) is 20.0. The molecule has 5 nitrogen and oxygen atoms in total. The molecule has 1 aliphatic carbocycles. The highest BCUT2D eigenvalue weighted by Gasteiger charge is 2.29. The third-order valence-electron chi connectivity index (χ3n) is 3.69. The van der Waals surface area contributed by atoms with E-state index in [1.807, 2.05) is 31.2 Å². The van der Waals surface area contributed by atoms with Crippen molar-refractivity contribution in [3.63, 3.8) is 0 Å². The van der Waals surface area contributed by atoms with E-state index in [0.29, 0.717) is 19.6 Å². The van der Waals surface area contributed by atoms with Crippen LogP contribution in [0.2, 0.25) is 0 Å². The first-order chi connectivity index (χ1) is 10.0.